The number of primary amides is 1. The summed E-state index contributed by atoms with van der Waals surface area (Å²) < 4.78 is 45.5. The number of pyridine rings is 1. The number of phenolic OH excluding ortho intramolecular Hbond substituents is 1. The summed E-state index contributed by atoms with van der Waals surface area (Å²) in [7, 11) is 1.37. The Morgan fingerprint density at radius 1 is 1.06 bits per heavy atom. The Labute approximate surface area is 308 Å². The molecular formula is C36H28Cl2F3N5O7. The molecule has 0 bridgehead atoms. The second-order valence-electron chi connectivity index (χ2n) is 13.1. The van der Waals surface area contributed by atoms with Gasteiger partial charge in [-0.15, -0.1) is 0 Å². The average Bonchev–Trinajstić information content (AvgIpc) is 3.49. The predicted molar refractivity (Wildman–Crippen MR) is 183 cm³/mol. The van der Waals surface area contributed by atoms with Crippen molar-refractivity contribution in [2.45, 2.75) is 24.4 Å². The molecule has 3 heterocycles. The lowest BCUT2D eigenvalue weighted by molar-refractivity contribution is -0.140. The van der Waals surface area contributed by atoms with Crippen LogP contribution in [-0.4, -0.2) is 56.8 Å². The number of aromatic nitrogens is 1. The molecule has 2 aromatic carbocycles. The minimum atomic E-state index is -4.77. The monoisotopic (exact) mass is 769 g/mol. The number of hydrogen-bond acceptors (Lipinski definition) is 9. The summed E-state index contributed by atoms with van der Waals surface area (Å²) in [5.41, 5.74) is 6.50. The molecule has 17 heteroatoms. The first-order valence-corrected chi connectivity index (χ1v) is 16.9. The zero-order valence-corrected chi connectivity index (χ0v) is 28.9. The zero-order chi connectivity index (χ0) is 38.1. The van der Waals surface area contributed by atoms with Crippen LogP contribution in [0.1, 0.15) is 29.5 Å². The molecular weight excluding hydrogens is 742 g/mol. The van der Waals surface area contributed by atoms with Crippen LogP contribution in [0, 0.1) is 29.6 Å². The number of aromatic hydroxyl groups is 1. The molecule has 1 aromatic heterocycles. The van der Waals surface area contributed by atoms with Gasteiger partial charge in [0.05, 0.1) is 40.9 Å². The van der Waals surface area contributed by atoms with E-state index in [4.69, 9.17) is 33.7 Å². The number of nitrogens with two attached hydrogens (primary N) is 1. The summed E-state index contributed by atoms with van der Waals surface area (Å²) in [6.07, 6.45) is 0.685. The van der Waals surface area contributed by atoms with E-state index in [0.717, 1.165) is 0 Å². The molecule has 0 radical (unpaired) electrons. The summed E-state index contributed by atoms with van der Waals surface area (Å²) in [4.78, 5) is 73.1. The maximum Gasteiger partial charge on any atom is 0.417 e. The van der Waals surface area contributed by atoms with Crippen molar-refractivity contribution in [1.82, 2.24) is 14.9 Å². The van der Waals surface area contributed by atoms with E-state index in [1.807, 2.05) is 0 Å². The molecule has 7 rings (SSSR count). The number of carbonyl (C=O) groups excluding carboxylic acids is 5. The maximum absolute atomic E-state index is 15.1. The SMILES string of the molecule is COc1cc(C=CC2C3=CCC4C(=O)N(C(N)=O)C(=O)C4C3CC3C(=O)N(Nc4ncc(C(F)(F)F)cc4Cl)C(=O)C23c2ccc(Cl)cc2)ccc1O. The topological polar surface area (TPSA) is 172 Å². The Bertz CT molecular complexity index is 2160. The van der Waals surface area contributed by atoms with Crippen LogP contribution in [0.3, 0.4) is 0 Å². The fourth-order valence-electron chi connectivity index (χ4n) is 8.25. The molecule has 2 saturated heterocycles. The van der Waals surface area contributed by atoms with Crippen molar-refractivity contribution in [3.05, 3.63) is 99.2 Å². The van der Waals surface area contributed by atoms with Crippen molar-refractivity contribution >= 4 is 64.8 Å². The first-order valence-electron chi connectivity index (χ1n) is 16.2. The number of hydrogen-bond donors (Lipinski definition) is 3. The van der Waals surface area contributed by atoms with Crippen LogP contribution in [0.4, 0.5) is 23.8 Å². The molecule has 4 N–H and O–H groups in total. The minimum absolute atomic E-state index is 0.0266. The van der Waals surface area contributed by atoms with Crippen molar-refractivity contribution < 1.29 is 47.0 Å². The number of amides is 6. The zero-order valence-electron chi connectivity index (χ0n) is 27.4. The Hall–Kier alpha value is -5.41. The van der Waals surface area contributed by atoms with Crippen molar-refractivity contribution in [1.29, 1.82) is 0 Å². The number of likely N-dealkylation sites (tertiary alicyclic amines) is 1. The van der Waals surface area contributed by atoms with E-state index in [-0.39, 0.29) is 24.3 Å². The highest BCUT2D eigenvalue weighted by atomic mass is 35.5. The van der Waals surface area contributed by atoms with E-state index >= 15 is 4.79 Å². The van der Waals surface area contributed by atoms with Crippen molar-refractivity contribution in [3.8, 4) is 11.5 Å². The number of benzene rings is 2. The molecule has 3 aromatic rings. The van der Waals surface area contributed by atoms with Gasteiger partial charge in [0.1, 0.15) is 0 Å². The van der Waals surface area contributed by atoms with Crippen molar-refractivity contribution in [2.75, 3.05) is 12.5 Å². The number of methoxy groups -OCH3 is 1. The summed E-state index contributed by atoms with van der Waals surface area (Å²) in [6.45, 7) is 0. The number of phenols is 1. The number of nitrogens with one attached hydrogen (secondary N) is 1. The number of ether oxygens (including phenoxy) is 1. The largest absolute Gasteiger partial charge is 0.504 e. The van der Waals surface area contributed by atoms with E-state index in [9.17, 15) is 37.5 Å². The summed E-state index contributed by atoms with van der Waals surface area (Å²) in [6, 6.07) is 10.2. The van der Waals surface area contributed by atoms with E-state index in [1.165, 1.54) is 25.3 Å². The summed E-state index contributed by atoms with van der Waals surface area (Å²) >= 11 is 12.5. The van der Waals surface area contributed by atoms with Crippen LogP contribution < -0.4 is 15.9 Å². The number of halogens is 5. The Morgan fingerprint density at radius 3 is 2.42 bits per heavy atom. The Balaban J connectivity index is 1.41. The van der Waals surface area contributed by atoms with Crippen LogP contribution in [0.5, 0.6) is 11.5 Å². The molecule has 4 aliphatic rings. The lowest BCUT2D eigenvalue weighted by Gasteiger charge is -2.49. The fourth-order valence-corrected chi connectivity index (χ4v) is 8.59. The van der Waals surface area contributed by atoms with Gasteiger partial charge < -0.3 is 15.6 Å². The molecule has 6 atom stereocenters. The highest BCUT2D eigenvalue weighted by Crippen LogP contribution is 2.61. The number of imide groups is 4. The number of nitrogens with zero attached hydrogens (tertiary/aromatic N) is 3. The van der Waals surface area contributed by atoms with Gasteiger partial charge in [-0.05, 0) is 60.2 Å². The third-order valence-corrected chi connectivity index (χ3v) is 11.1. The van der Waals surface area contributed by atoms with Crippen LogP contribution in [-0.2, 0) is 30.8 Å². The van der Waals surface area contributed by atoms with Crippen LogP contribution >= 0.6 is 23.2 Å². The first kappa shape index (κ1) is 36.0. The van der Waals surface area contributed by atoms with Crippen LogP contribution in [0.25, 0.3) is 6.08 Å². The maximum atomic E-state index is 15.1. The van der Waals surface area contributed by atoms with Gasteiger partial charge in [0.2, 0.25) is 11.8 Å². The van der Waals surface area contributed by atoms with E-state index in [0.29, 0.717) is 43.9 Å². The molecule has 53 heavy (non-hydrogen) atoms. The second-order valence-corrected chi connectivity index (χ2v) is 13.9. The van der Waals surface area contributed by atoms with Crippen molar-refractivity contribution in [3.63, 3.8) is 0 Å². The Morgan fingerprint density at radius 2 is 1.77 bits per heavy atom. The van der Waals surface area contributed by atoms with Crippen LogP contribution in [0.15, 0.2) is 72.5 Å². The second kappa shape index (κ2) is 12.9. The first-order chi connectivity index (χ1) is 25.1. The van der Waals surface area contributed by atoms with E-state index < -0.39 is 87.2 Å². The number of allylic oxidation sites excluding steroid dienone is 3. The minimum Gasteiger partial charge on any atom is -0.504 e. The van der Waals surface area contributed by atoms with Gasteiger partial charge in [0, 0.05) is 17.1 Å². The van der Waals surface area contributed by atoms with E-state index in [1.54, 1.807) is 42.5 Å². The van der Waals surface area contributed by atoms with E-state index in [2.05, 4.69) is 10.4 Å². The summed E-state index contributed by atoms with van der Waals surface area (Å²) in [5, 5.41) is 10.7. The number of carbonyl (C=O) groups is 5. The number of fused-ring (bicyclic) bond motifs is 4. The molecule has 2 aliphatic heterocycles. The molecule has 274 valence electrons. The average molecular weight is 771 g/mol. The van der Waals surface area contributed by atoms with Crippen LogP contribution in [0.2, 0.25) is 10.0 Å². The normalized spacial score (nSPS) is 26.8. The van der Waals surface area contributed by atoms with Crippen molar-refractivity contribution in [2.24, 2.45) is 35.3 Å². The molecule has 2 aliphatic carbocycles. The molecule has 12 nitrogen and oxygen atoms in total. The molecule has 0 spiro atoms. The third kappa shape index (κ3) is 5.60. The fraction of sp³-hybridized carbons (Fsp3) is 0.278. The van der Waals surface area contributed by atoms with Gasteiger partial charge >= 0.3 is 12.2 Å². The predicted octanol–water partition coefficient (Wildman–Crippen LogP) is 5.73. The van der Waals surface area contributed by atoms with Gasteiger partial charge in [-0.3, -0.25) is 24.6 Å². The lowest BCUT2D eigenvalue weighted by Crippen LogP contribution is -2.54. The standard InChI is InChI=1S/C36H28Cl2F3N5O7/c1-53-27-12-16(3-11-26(27)47)2-10-23-20-8-9-21-28(32(50)45(30(21)48)34(42)52)22(20)14-24-31(49)46(33(51)35(23,24)17-4-6-19(37)7-5-17)44-29-25(38)13-18(15-43-29)36(39,40)41/h2-8,10-13,15,21-24,28,47H,9,14H2,1H3,(H2,42,52)(H,43,44). The Kier molecular flexibility index (Phi) is 8.77. The number of urea groups is 1. The number of anilines is 1. The third-order valence-electron chi connectivity index (χ3n) is 10.5. The van der Waals surface area contributed by atoms with Gasteiger partial charge in [0.25, 0.3) is 11.8 Å². The highest BCUT2D eigenvalue weighted by molar-refractivity contribution is 6.33. The quantitative estimate of drug-likeness (QED) is 0.209. The van der Waals surface area contributed by atoms with Gasteiger partial charge in [0.15, 0.2) is 17.3 Å². The van der Waals surface area contributed by atoms with Gasteiger partial charge in [-0.1, -0.05) is 65.2 Å². The molecule has 3 fully saturated rings. The number of hydrazine groups is 1. The smallest absolute Gasteiger partial charge is 0.417 e. The number of alkyl halides is 3. The number of rotatable bonds is 6. The molecule has 1 saturated carbocycles. The lowest BCUT2D eigenvalue weighted by atomic mass is 9.50. The molecule has 6 amide bonds. The molecule has 6 unspecified atom stereocenters. The van der Waals surface area contributed by atoms with Gasteiger partial charge in [-0.2, -0.15) is 23.1 Å². The van der Waals surface area contributed by atoms with Gasteiger partial charge in [-0.25, -0.2) is 9.78 Å². The highest BCUT2D eigenvalue weighted by Gasteiger charge is 2.70. The summed E-state index contributed by atoms with van der Waals surface area (Å²) in [5.74, 6) is -8.67.